The number of para-hydroxylation sites is 1. The predicted molar refractivity (Wildman–Crippen MR) is 138 cm³/mol. The van der Waals surface area contributed by atoms with Crippen molar-refractivity contribution in [2.24, 2.45) is 4.99 Å². The highest BCUT2D eigenvalue weighted by atomic mass is 16.6. The number of hydrogen-bond donors (Lipinski definition) is 0. The molecule has 0 atom stereocenters. The number of hydrogen-bond acceptors (Lipinski definition) is 7. The van der Waals surface area contributed by atoms with Crippen LogP contribution in [-0.4, -0.2) is 39.3 Å². The van der Waals surface area contributed by atoms with Crippen LogP contribution < -0.4 is 18.9 Å². The van der Waals surface area contributed by atoms with Crippen molar-refractivity contribution in [1.29, 1.82) is 0 Å². The van der Waals surface area contributed by atoms with E-state index in [1.807, 2.05) is 60.7 Å². The molecule has 4 rings (SSSR count). The Kier molecular flexibility index (Phi) is 8.03. The van der Waals surface area contributed by atoms with Gasteiger partial charge in [-0.15, -0.1) is 6.58 Å². The Morgan fingerprint density at radius 1 is 0.889 bits per heavy atom. The van der Waals surface area contributed by atoms with Crippen LogP contribution >= 0.6 is 0 Å². The number of rotatable bonds is 11. The summed E-state index contributed by atoms with van der Waals surface area (Å²) in [6.07, 6.45) is 4.18. The maximum Gasteiger partial charge on any atom is 0.363 e. The third-order valence-corrected chi connectivity index (χ3v) is 5.35. The molecule has 0 aliphatic carbocycles. The zero-order valence-electron chi connectivity index (χ0n) is 20.2. The molecule has 0 bridgehead atoms. The van der Waals surface area contributed by atoms with Gasteiger partial charge in [0.15, 0.2) is 17.2 Å². The van der Waals surface area contributed by atoms with Crippen LogP contribution in [0.5, 0.6) is 23.0 Å². The summed E-state index contributed by atoms with van der Waals surface area (Å²) in [6.45, 7) is 4.39. The van der Waals surface area contributed by atoms with Gasteiger partial charge in [0.2, 0.25) is 11.6 Å². The van der Waals surface area contributed by atoms with Crippen LogP contribution in [0.3, 0.4) is 0 Å². The molecule has 1 aliphatic rings. The number of allylic oxidation sites excluding steroid dienone is 1. The van der Waals surface area contributed by atoms with Gasteiger partial charge < -0.3 is 23.7 Å². The van der Waals surface area contributed by atoms with Gasteiger partial charge in [0.05, 0.1) is 14.2 Å². The Morgan fingerprint density at radius 2 is 1.56 bits per heavy atom. The van der Waals surface area contributed by atoms with E-state index in [4.69, 9.17) is 23.7 Å². The van der Waals surface area contributed by atoms with E-state index in [9.17, 15) is 4.79 Å². The Labute approximate surface area is 210 Å². The van der Waals surface area contributed by atoms with Crippen LogP contribution in [0.4, 0.5) is 0 Å². The number of ether oxygens (including phenoxy) is 5. The summed E-state index contributed by atoms with van der Waals surface area (Å²) in [6, 6.07) is 20.6. The number of nitrogens with zero attached hydrogens (tertiary/aromatic N) is 1. The fourth-order valence-electron chi connectivity index (χ4n) is 3.66. The zero-order valence-corrected chi connectivity index (χ0v) is 20.2. The fourth-order valence-corrected chi connectivity index (χ4v) is 3.66. The van der Waals surface area contributed by atoms with Crippen LogP contribution in [0.2, 0.25) is 0 Å². The Balaban J connectivity index is 1.49. The van der Waals surface area contributed by atoms with Crippen molar-refractivity contribution in [2.75, 3.05) is 27.4 Å². The number of carbonyl (C=O) groups is 1. The molecule has 1 aliphatic heterocycles. The first-order valence-corrected chi connectivity index (χ1v) is 11.4. The summed E-state index contributed by atoms with van der Waals surface area (Å²) < 4.78 is 28.3. The number of aliphatic imine (C=N–C) groups is 1. The molecule has 0 spiro atoms. The van der Waals surface area contributed by atoms with Crippen molar-refractivity contribution in [3.05, 3.63) is 102 Å². The molecule has 0 amide bonds. The smallest absolute Gasteiger partial charge is 0.363 e. The monoisotopic (exact) mass is 485 g/mol. The third kappa shape index (κ3) is 5.75. The van der Waals surface area contributed by atoms with E-state index in [2.05, 4.69) is 11.6 Å². The van der Waals surface area contributed by atoms with E-state index in [0.717, 1.165) is 23.3 Å². The molecule has 184 valence electrons. The van der Waals surface area contributed by atoms with Crippen molar-refractivity contribution in [2.45, 2.75) is 6.42 Å². The number of methoxy groups -OCH3 is 2. The topological polar surface area (TPSA) is 75.6 Å². The molecule has 0 fully saturated rings. The SMILES string of the molecule is C=CCc1ccccc1OCCOc1c(OC)cc(/C=C2/N=C(c3ccccc3)OC2=O)cc1OC. The van der Waals surface area contributed by atoms with Gasteiger partial charge in [-0.25, -0.2) is 9.79 Å². The molecule has 7 heteroatoms. The van der Waals surface area contributed by atoms with Crippen LogP contribution in [0.25, 0.3) is 6.08 Å². The Hall–Kier alpha value is -4.52. The number of cyclic esters (lactones) is 1. The summed E-state index contributed by atoms with van der Waals surface area (Å²) in [5, 5.41) is 0. The van der Waals surface area contributed by atoms with E-state index < -0.39 is 5.97 Å². The molecule has 3 aromatic rings. The summed E-state index contributed by atoms with van der Waals surface area (Å²) in [4.78, 5) is 16.7. The van der Waals surface area contributed by atoms with Crippen molar-refractivity contribution in [1.82, 2.24) is 0 Å². The molecule has 3 aromatic carbocycles. The van der Waals surface area contributed by atoms with E-state index in [1.54, 1.807) is 18.2 Å². The minimum Gasteiger partial charge on any atom is -0.493 e. The summed E-state index contributed by atoms with van der Waals surface area (Å²) in [5.74, 6) is 1.87. The molecule has 0 N–H and O–H groups in total. The quantitative estimate of drug-likeness (QED) is 0.160. The lowest BCUT2D eigenvalue weighted by molar-refractivity contribution is -0.129. The largest absolute Gasteiger partial charge is 0.493 e. The van der Waals surface area contributed by atoms with Gasteiger partial charge in [0.25, 0.3) is 0 Å². The van der Waals surface area contributed by atoms with E-state index in [-0.39, 0.29) is 18.2 Å². The van der Waals surface area contributed by atoms with E-state index in [0.29, 0.717) is 29.4 Å². The summed E-state index contributed by atoms with van der Waals surface area (Å²) in [7, 11) is 3.08. The molecular formula is C29H27NO6. The Bertz CT molecular complexity index is 1270. The van der Waals surface area contributed by atoms with Crippen molar-refractivity contribution >= 4 is 17.9 Å². The standard InChI is InChI=1S/C29H27NO6/c1-4-10-21-11-8-9-14-24(21)34-15-16-35-27-25(32-2)18-20(19-26(27)33-3)17-23-29(31)36-28(30-23)22-12-6-5-7-13-22/h4-9,11-14,17-19H,1,10,15-16H2,2-3H3/b23-17+. The first-order chi connectivity index (χ1) is 17.6. The lowest BCUT2D eigenvalue weighted by Crippen LogP contribution is -2.11. The second kappa shape index (κ2) is 11.8. The van der Waals surface area contributed by atoms with Gasteiger partial charge in [0, 0.05) is 5.56 Å². The molecule has 36 heavy (non-hydrogen) atoms. The van der Waals surface area contributed by atoms with Crippen LogP contribution in [-0.2, 0) is 16.0 Å². The average molecular weight is 486 g/mol. The minimum absolute atomic E-state index is 0.179. The minimum atomic E-state index is -0.527. The molecule has 0 unspecified atom stereocenters. The lowest BCUT2D eigenvalue weighted by Gasteiger charge is -2.16. The van der Waals surface area contributed by atoms with Gasteiger partial charge in [-0.3, -0.25) is 0 Å². The van der Waals surface area contributed by atoms with E-state index >= 15 is 0 Å². The van der Waals surface area contributed by atoms with Crippen LogP contribution in [0.15, 0.2) is 90.1 Å². The predicted octanol–water partition coefficient (Wildman–Crippen LogP) is 5.23. The van der Waals surface area contributed by atoms with Gasteiger partial charge in [-0.2, -0.15) is 0 Å². The number of carbonyl (C=O) groups excluding carboxylic acids is 1. The normalized spacial score (nSPS) is 13.7. The maximum atomic E-state index is 12.4. The first-order valence-electron chi connectivity index (χ1n) is 11.4. The molecule has 0 aromatic heterocycles. The first kappa shape index (κ1) is 24.6. The van der Waals surface area contributed by atoms with Gasteiger partial charge in [0.1, 0.15) is 19.0 Å². The van der Waals surface area contributed by atoms with Crippen LogP contribution in [0.1, 0.15) is 16.7 Å². The van der Waals surface area contributed by atoms with Gasteiger partial charge in [-0.1, -0.05) is 42.5 Å². The molecule has 0 saturated heterocycles. The number of esters is 1. The highest BCUT2D eigenvalue weighted by molar-refractivity contribution is 6.12. The lowest BCUT2D eigenvalue weighted by atomic mass is 10.1. The summed E-state index contributed by atoms with van der Waals surface area (Å²) >= 11 is 0. The van der Waals surface area contributed by atoms with E-state index in [1.165, 1.54) is 14.2 Å². The molecule has 0 radical (unpaired) electrons. The highest BCUT2D eigenvalue weighted by Crippen LogP contribution is 2.39. The molecule has 0 saturated carbocycles. The summed E-state index contributed by atoms with van der Waals surface area (Å²) in [5.41, 5.74) is 2.61. The van der Waals surface area contributed by atoms with Crippen LogP contribution in [0, 0.1) is 0 Å². The third-order valence-electron chi connectivity index (χ3n) is 5.35. The number of benzene rings is 3. The Morgan fingerprint density at radius 3 is 2.25 bits per heavy atom. The molecule has 7 nitrogen and oxygen atoms in total. The average Bonchev–Trinajstić information content (AvgIpc) is 3.28. The maximum absolute atomic E-state index is 12.4. The zero-order chi connectivity index (χ0) is 25.3. The molecule has 1 heterocycles. The highest BCUT2D eigenvalue weighted by Gasteiger charge is 2.24. The second-order valence-corrected chi connectivity index (χ2v) is 7.75. The van der Waals surface area contributed by atoms with Gasteiger partial charge in [-0.05, 0) is 54.0 Å². The van der Waals surface area contributed by atoms with Crippen molar-refractivity contribution < 1.29 is 28.5 Å². The second-order valence-electron chi connectivity index (χ2n) is 7.75. The molecular weight excluding hydrogens is 458 g/mol. The van der Waals surface area contributed by atoms with Gasteiger partial charge >= 0.3 is 5.97 Å². The fraction of sp³-hybridized carbons (Fsp3) is 0.172. The van der Waals surface area contributed by atoms with Crippen molar-refractivity contribution in [3.8, 4) is 23.0 Å². The van der Waals surface area contributed by atoms with Crippen molar-refractivity contribution in [3.63, 3.8) is 0 Å².